The van der Waals surface area contributed by atoms with Crippen LogP contribution in [0.2, 0.25) is 0 Å². The van der Waals surface area contributed by atoms with Crippen molar-refractivity contribution in [2.45, 2.75) is 38.8 Å². The summed E-state index contributed by atoms with van der Waals surface area (Å²) in [5.74, 6) is -0.198. The van der Waals surface area contributed by atoms with E-state index in [2.05, 4.69) is 10.1 Å². The Morgan fingerprint density at radius 1 is 1.33 bits per heavy atom. The SMILES string of the molecule is CCc1cc(C2CCCN2Cc2ccc(F)cc2F)on1. The van der Waals surface area contributed by atoms with E-state index in [1.54, 1.807) is 0 Å². The third kappa shape index (κ3) is 2.97. The van der Waals surface area contributed by atoms with Gasteiger partial charge in [-0.2, -0.15) is 0 Å². The molecular formula is C16H18F2N2O. The van der Waals surface area contributed by atoms with E-state index >= 15 is 0 Å². The number of rotatable bonds is 4. The molecule has 1 aliphatic heterocycles. The topological polar surface area (TPSA) is 29.3 Å². The van der Waals surface area contributed by atoms with Crippen LogP contribution in [0.3, 0.4) is 0 Å². The van der Waals surface area contributed by atoms with Gasteiger partial charge in [0.2, 0.25) is 0 Å². The van der Waals surface area contributed by atoms with E-state index in [1.165, 1.54) is 12.1 Å². The monoisotopic (exact) mass is 292 g/mol. The molecule has 1 aromatic heterocycles. The molecule has 2 aromatic rings. The highest BCUT2D eigenvalue weighted by atomic mass is 19.1. The lowest BCUT2D eigenvalue weighted by molar-refractivity contribution is 0.204. The van der Waals surface area contributed by atoms with Gasteiger partial charge in [0.05, 0.1) is 11.7 Å². The lowest BCUT2D eigenvalue weighted by Crippen LogP contribution is -2.23. The highest BCUT2D eigenvalue weighted by Gasteiger charge is 2.29. The normalized spacial score (nSPS) is 19.3. The Morgan fingerprint density at radius 3 is 2.90 bits per heavy atom. The molecule has 1 saturated heterocycles. The van der Waals surface area contributed by atoms with Gasteiger partial charge in [-0.3, -0.25) is 4.90 Å². The number of aromatic nitrogens is 1. The zero-order valence-electron chi connectivity index (χ0n) is 12.0. The molecule has 1 aromatic carbocycles. The number of nitrogens with zero attached hydrogens (tertiary/aromatic N) is 2. The standard InChI is InChI=1S/C16H18F2N2O/c1-2-13-9-16(21-19-13)15-4-3-7-20(15)10-11-5-6-12(17)8-14(11)18/h5-6,8-9,15H,2-4,7,10H2,1H3. The van der Waals surface area contributed by atoms with Gasteiger partial charge < -0.3 is 4.52 Å². The summed E-state index contributed by atoms with van der Waals surface area (Å²) in [4.78, 5) is 2.16. The Kier molecular flexibility index (Phi) is 4.01. The molecule has 21 heavy (non-hydrogen) atoms. The van der Waals surface area contributed by atoms with Gasteiger partial charge in [-0.15, -0.1) is 0 Å². The number of likely N-dealkylation sites (tertiary alicyclic amines) is 1. The smallest absolute Gasteiger partial charge is 0.154 e. The minimum Gasteiger partial charge on any atom is -0.359 e. The Bertz CT molecular complexity index is 626. The van der Waals surface area contributed by atoms with Crippen LogP contribution in [0.1, 0.15) is 42.8 Å². The number of hydrogen-bond donors (Lipinski definition) is 0. The van der Waals surface area contributed by atoms with Crippen LogP contribution in [0.4, 0.5) is 8.78 Å². The molecule has 112 valence electrons. The number of aryl methyl sites for hydroxylation is 1. The zero-order valence-corrected chi connectivity index (χ0v) is 12.0. The Hall–Kier alpha value is -1.75. The first kappa shape index (κ1) is 14.2. The highest BCUT2D eigenvalue weighted by Crippen LogP contribution is 2.33. The minimum atomic E-state index is -0.544. The molecule has 2 heterocycles. The van der Waals surface area contributed by atoms with Gasteiger partial charge in [0.1, 0.15) is 11.6 Å². The van der Waals surface area contributed by atoms with Crippen LogP contribution >= 0.6 is 0 Å². The van der Waals surface area contributed by atoms with E-state index in [-0.39, 0.29) is 6.04 Å². The second kappa shape index (κ2) is 5.93. The van der Waals surface area contributed by atoms with Gasteiger partial charge in [-0.1, -0.05) is 18.1 Å². The lowest BCUT2D eigenvalue weighted by Gasteiger charge is -2.22. The van der Waals surface area contributed by atoms with E-state index in [4.69, 9.17) is 4.52 Å². The Morgan fingerprint density at radius 2 is 2.19 bits per heavy atom. The molecule has 0 saturated carbocycles. The minimum absolute atomic E-state index is 0.127. The molecule has 0 radical (unpaired) electrons. The van der Waals surface area contributed by atoms with Crippen LogP contribution in [-0.2, 0) is 13.0 Å². The summed E-state index contributed by atoms with van der Waals surface area (Å²) in [6, 6.07) is 5.85. The van der Waals surface area contributed by atoms with Crippen molar-refractivity contribution in [3.8, 4) is 0 Å². The zero-order chi connectivity index (χ0) is 14.8. The van der Waals surface area contributed by atoms with E-state index in [1.807, 2.05) is 13.0 Å². The van der Waals surface area contributed by atoms with Crippen molar-refractivity contribution >= 4 is 0 Å². The summed E-state index contributed by atoms with van der Waals surface area (Å²) in [5, 5.41) is 4.02. The average Bonchev–Trinajstić information content (AvgIpc) is 3.10. The maximum atomic E-state index is 13.8. The van der Waals surface area contributed by atoms with Crippen molar-refractivity contribution < 1.29 is 13.3 Å². The molecule has 0 N–H and O–H groups in total. The molecule has 5 heteroatoms. The van der Waals surface area contributed by atoms with Crippen LogP contribution < -0.4 is 0 Å². The first-order chi connectivity index (χ1) is 10.2. The second-order valence-corrected chi connectivity index (χ2v) is 5.44. The maximum Gasteiger partial charge on any atom is 0.154 e. The fourth-order valence-corrected chi connectivity index (χ4v) is 2.86. The van der Waals surface area contributed by atoms with Crippen LogP contribution in [0.25, 0.3) is 0 Å². The Balaban J connectivity index is 1.77. The summed E-state index contributed by atoms with van der Waals surface area (Å²) in [6.07, 6.45) is 2.85. The molecule has 1 unspecified atom stereocenters. The predicted octanol–water partition coefficient (Wildman–Crippen LogP) is 3.85. The molecule has 3 rings (SSSR count). The number of benzene rings is 1. The molecular weight excluding hydrogens is 274 g/mol. The highest BCUT2D eigenvalue weighted by molar-refractivity contribution is 5.19. The van der Waals surface area contributed by atoms with Gasteiger partial charge >= 0.3 is 0 Å². The molecule has 0 bridgehead atoms. The van der Waals surface area contributed by atoms with Crippen molar-refractivity contribution in [3.63, 3.8) is 0 Å². The van der Waals surface area contributed by atoms with Gasteiger partial charge in [0.15, 0.2) is 5.76 Å². The molecule has 0 aliphatic carbocycles. The van der Waals surface area contributed by atoms with Crippen molar-refractivity contribution in [3.05, 3.63) is 52.9 Å². The van der Waals surface area contributed by atoms with Crippen LogP contribution in [-0.4, -0.2) is 16.6 Å². The second-order valence-electron chi connectivity index (χ2n) is 5.44. The molecule has 1 fully saturated rings. The van der Waals surface area contributed by atoms with Gasteiger partial charge in [0.25, 0.3) is 0 Å². The van der Waals surface area contributed by atoms with E-state index in [0.29, 0.717) is 12.1 Å². The van der Waals surface area contributed by atoms with Crippen molar-refractivity contribution in [1.82, 2.24) is 10.1 Å². The largest absolute Gasteiger partial charge is 0.359 e. The molecule has 1 atom stereocenters. The number of hydrogen-bond acceptors (Lipinski definition) is 3. The first-order valence-electron chi connectivity index (χ1n) is 7.31. The summed E-state index contributed by atoms with van der Waals surface area (Å²) in [7, 11) is 0. The fraction of sp³-hybridized carbons (Fsp3) is 0.438. The van der Waals surface area contributed by atoms with Crippen molar-refractivity contribution in [1.29, 1.82) is 0 Å². The summed E-state index contributed by atoms with van der Waals surface area (Å²) in [6.45, 7) is 3.37. The molecule has 0 spiro atoms. The Labute approximate surface area is 122 Å². The maximum absolute atomic E-state index is 13.8. The molecule has 1 aliphatic rings. The number of halogens is 2. The third-order valence-electron chi connectivity index (χ3n) is 4.02. The van der Waals surface area contributed by atoms with E-state index < -0.39 is 11.6 Å². The summed E-state index contributed by atoms with van der Waals surface area (Å²) in [5.41, 5.74) is 1.45. The van der Waals surface area contributed by atoms with Crippen molar-refractivity contribution in [2.24, 2.45) is 0 Å². The molecule has 0 amide bonds. The van der Waals surface area contributed by atoms with E-state index in [0.717, 1.165) is 43.3 Å². The summed E-state index contributed by atoms with van der Waals surface area (Å²) < 4.78 is 32.2. The third-order valence-corrected chi connectivity index (χ3v) is 4.02. The van der Waals surface area contributed by atoms with Crippen molar-refractivity contribution in [2.75, 3.05) is 6.54 Å². The van der Waals surface area contributed by atoms with Gasteiger partial charge in [-0.05, 0) is 31.9 Å². The van der Waals surface area contributed by atoms with Crippen LogP contribution in [0, 0.1) is 11.6 Å². The average molecular weight is 292 g/mol. The molecule has 3 nitrogen and oxygen atoms in total. The summed E-state index contributed by atoms with van der Waals surface area (Å²) >= 11 is 0. The van der Waals surface area contributed by atoms with Gasteiger partial charge in [0, 0.05) is 24.2 Å². The van der Waals surface area contributed by atoms with Crippen LogP contribution in [0.15, 0.2) is 28.8 Å². The fourth-order valence-electron chi connectivity index (χ4n) is 2.86. The van der Waals surface area contributed by atoms with E-state index in [9.17, 15) is 8.78 Å². The quantitative estimate of drug-likeness (QED) is 0.857. The first-order valence-corrected chi connectivity index (χ1v) is 7.31. The predicted molar refractivity (Wildman–Crippen MR) is 74.6 cm³/mol. The van der Waals surface area contributed by atoms with Gasteiger partial charge in [-0.25, -0.2) is 8.78 Å². The lowest BCUT2D eigenvalue weighted by atomic mass is 10.1. The van der Waals surface area contributed by atoms with Crippen LogP contribution in [0.5, 0.6) is 0 Å².